The molecule has 0 aliphatic heterocycles. The van der Waals surface area contributed by atoms with Gasteiger partial charge in [0.15, 0.2) is 5.78 Å². The highest BCUT2D eigenvalue weighted by atomic mass is 32.2. The molecule has 1 atom stereocenters. The quantitative estimate of drug-likeness (QED) is 0.804. The van der Waals surface area contributed by atoms with Crippen LogP contribution >= 0.6 is 11.8 Å². The Labute approximate surface area is 101 Å². The summed E-state index contributed by atoms with van der Waals surface area (Å²) in [7, 11) is 0. The Kier molecular flexibility index (Phi) is 3.64. The predicted octanol–water partition coefficient (Wildman–Crippen LogP) is 2.82. The molecule has 1 unspecified atom stereocenters. The van der Waals surface area contributed by atoms with Crippen LogP contribution in [-0.4, -0.2) is 21.8 Å². The Balaban J connectivity index is 2.04. The summed E-state index contributed by atoms with van der Waals surface area (Å²) in [6.45, 7) is 4.25. The Morgan fingerprint density at radius 3 is 3.19 bits per heavy atom. The highest BCUT2D eigenvalue weighted by Gasteiger charge is 2.29. The number of hydrogen-bond acceptors (Lipinski definition) is 3. The predicted molar refractivity (Wildman–Crippen MR) is 67.9 cm³/mol. The molecule has 86 valence electrons. The number of carbonyl (C=O) groups is 1. The lowest BCUT2D eigenvalue weighted by Crippen LogP contribution is -2.14. The van der Waals surface area contributed by atoms with Gasteiger partial charge in [0.2, 0.25) is 0 Å². The van der Waals surface area contributed by atoms with Gasteiger partial charge in [0.25, 0.3) is 0 Å². The average molecular weight is 235 g/mol. The lowest BCUT2D eigenvalue weighted by atomic mass is 10.0. The zero-order valence-corrected chi connectivity index (χ0v) is 10.6. The van der Waals surface area contributed by atoms with Crippen LogP contribution in [0.3, 0.4) is 0 Å². The van der Waals surface area contributed by atoms with Crippen LogP contribution in [0.15, 0.2) is 18.3 Å². The molecule has 1 heterocycles. The van der Waals surface area contributed by atoms with E-state index in [1.165, 1.54) is 5.56 Å². The minimum Gasteiger partial charge on any atom is -0.298 e. The molecule has 0 radical (unpaired) electrons. The van der Waals surface area contributed by atoms with E-state index < -0.39 is 0 Å². The minimum absolute atomic E-state index is 0.0578. The normalized spacial score (nSPS) is 18.8. The maximum atomic E-state index is 12.1. The third-order valence-corrected chi connectivity index (χ3v) is 4.02. The van der Waals surface area contributed by atoms with Crippen molar-refractivity contribution < 1.29 is 4.79 Å². The van der Waals surface area contributed by atoms with Crippen molar-refractivity contribution in [3.8, 4) is 0 Å². The van der Waals surface area contributed by atoms with Crippen molar-refractivity contribution in [3.63, 3.8) is 0 Å². The molecule has 0 amide bonds. The Morgan fingerprint density at radius 2 is 2.44 bits per heavy atom. The third-order valence-electron chi connectivity index (χ3n) is 2.91. The first-order chi connectivity index (χ1) is 7.68. The first-order valence-corrected chi connectivity index (χ1v) is 6.81. The van der Waals surface area contributed by atoms with Crippen molar-refractivity contribution in [2.24, 2.45) is 0 Å². The van der Waals surface area contributed by atoms with Crippen LogP contribution in [0.25, 0.3) is 0 Å². The van der Waals surface area contributed by atoms with Gasteiger partial charge in [0.05, 0.1) is 17.4 Å². The summed E-state index contributed by atoms with van der Waals surface area (Å²) in [5.41, 5.74) is 2.28. The van der Waals surface area contributed by atoms with Crippen molar-refractivity contribution in [2.45, 2.75) is 37.9 Å². The average Bonchev–Trinajstić information content (AvgIpc) is 2.69. The summed E-state index contributed by atoms with van der Waals surface area (Å²) in [5.74, 6) is 1.02. The molecule has 0 aromatic carbocycles. The van der Waals surface area contributed by atoms with Gasteiger partial charge in [0.1, 0.15) is 0 Å². The number of carbonyl (C=O) groups excluding carboxylic acids is 1. The highest BCUT2D eigenvalue weighted by molar-refractivity contribution is 8.00. The fourth-order valence-corrected chi connectivity index (χ4v) is 2.77. The summed E-state index contributed by atoms with van der Waals surface area (Å²) in [6, 6.07) is 4.04. The lowest BCUT2D eigenvalue weighted by molar-refractivity contribution is -0.118. The number of pyridine rings is 1. The van der Waals surface area contributed by atoms with Crippen molar-refractivity contribution in [2.75, 3.05) is 5.75 Å². The molecule has 0 fully saturated rings. The maximum absolute atomic E-state index is 12.1. The van der Waals surface area contributed by atoms with Crippen molar-refractivity contribution in [1.82, 2.24) is 4.98 Å². The Morgan fingerprint density at radius 1 is 1.62 bits per heavy atom. The van der Waals surface area contributed by atoms with Gasteiger partial charge in [-0.05, 0) is 29.7 Å². The molecule has 1 aliphatic rings. The molecule has 0 N–H and O–H groups in total. The summed E-state index contributed by atoms with van der Waals surface area (Å²) in [5, 5.41) is 0.522. The fourth-order valence-electron chi connectivity index (χ4n) is 2.08. The van der Waals surface area contributed by atoms with E-state index in [9.17, 15) is 4.79 Å². The summed E-state index contributed by atoms with van der Waals surface area (Å²) in [4.78, 5) is 16.4. The topological polar surface area (TPSA) is 30.0 Å². The summed E-state index contributed by atoms with van der Waals surface area (Å²) < 4.78 is 0. The number of hydrogen-bond donors (Lipinski definition) is 0. The van der Waals surface area contributed by atoms with E-state index >= 15 is 0 Å². The van der Waals surface area contributed by atoms with E-state index in [0.29, 0.717) is 16.8 Å². The van der Waals surface area contributed by atoms with Gasteiger partial charge >= 0.3 is 0 Å². The number of thioether (sulfide) groups is 1. The van der Waals surface area contributed by atoms with Crippen LogP contribution in [0.4, 0.5) is 0 Å². The maximum Gasteiger partial charge on any atom is 0.151 e. The first-order valence-electron chi connectivity index (χ1n) is 5.76. The standard InChI is InChI=1S/C13H17NOS/c1-9(2)16-8-12(15)11-6-5-10-4-3-7-14-13(10)11/h3-4,7,9,11H,5-6,8H2,1-2H3. The van der Waals surface area contributed by atoms with E-state index in [4.69, 9.17) is 0 Å². The second-order valence-corrected chi connectivity index (χ2v) is 6.03. The monoisotopic (exact) mass is 235 g/mol. The van der Waals surface area contributed by atoms with Gasteiger partial charge < -0.3 is 0 Å². The number of aromatic nitrogens is 1. The summed E-state index contributed by atoms with van der Waals surface area (Å²) >= 11 is 1.72. The van der Waals surface area contributed by atoms with E-state index in [1.807, 2.05) is 6.07 Å². The van der Waals surface area contributed by atoms with Crippen molar-refractivity contribution in [3.05, 3.63) is 29.6 Å². The van der Waals surface area contributed by atoms with Gasteiger partial charge in [-0.25, -0.2) is 0 Å². The Bertz CT molecular complexity index is 389. The number of Topliss-reactive ketones (excluding diaryl/α,β-unsaturated/α-hetero) is 1. The molecular formula is C13H17NOS. The number of ketones is 1. The molecule has 0 bridgehead atoms. The van der Waals surface area contributed by atoms with E-state index in [0.717, 1.165) is 18.5 Å². The van der Waals surface area contributed by atoms with Gasteiger partial charge in [0, 0.05) is 6.20 Å². The molecule has 0 saturated carbocycles. The molecule has 16 heavy (non-hydrogen) atoms. The van der Waals surface area contributed by atoms with Crippen LogP contribution in [0.1, 0.15) is 37.4 Å². The second-order valence-electron chi connectivity index (χ2n) is 4.47. The van der Waals surface area contributed by atoms with Crippen LogP contribution in [0, 0.1) is 0 Å². The fraction of sp³-hybridized carbons (Fsp3) is 0.538. The molecule has 1 aromatic rings. The zero-order valence-electron chi connectivity index (χ0n) is 9.77. The van der Waals surface area contributed by atoms with Crippen LogP contribution in [0.5, 0.6) is 0 Å². The Hall–Kier alpha value is -0.830. The van der Waals surface area contributed by atoms with Gasteiger partial charge in [-0.1, -0.05) is 19.9 Å². The van der Waals surface area contributed by atoms with E-state index in [-0.39, 0.29) is 5.92 Å². The van der Waals surface area contributed by atoms with E-state index in [1.54, 1.807) is 18.0 Å². The molecule has 2 rings (SSSR count). The highest BCUT2D eigenvalue weighted by Crippen LogP contribution is 2.32. The number of aryl methyl sites for hydroxylation is 1. The number of rotatable bonds is 4. The molecule has 0 saturated heterocycles. The molecule has 2 nitrogen and oxygen atoms in total. The minimum atomic E-state index is 0.0578. The summed E-state index contributed by atoms with van der Waals surface area (Å²) in [6.07, 6.45) is 3.75. The van der Waals surface area contributed by atoms with Crippen molar-refractivity contribution in [1.29, 1.82) is 0 Å². The smallest absolute Gasteiger partial charge is 0.151 e. The number of nitrogens with zero attached hydrogens (tertiary/aromatic N) is 1. The second kappa shape index (κ2) is 5.00. The first kappa shape index (κ1) is 11.6. The largest absolute Gasteiger partial charge is 0.298 e. The van der Waals surface area contributed by atoms with E-state index in [2.05, 4.69) is 24.9 Å². The van der Waals surface area contributed by atoms with Crippen LogP contribution < -0.4 is 0 Å². The molecule has 1 aromatic heterocycles. The van der Waals surface area contributed by atoms with Crippen molar-refractivity contribution >= 4 is 17.5 Å². The van der Waals surface area contributed by atoms with Gasteiger partial charge in [-0.2, -0.15) is 11.8 Å². The van der Waals surface area contributed by atoms with Crippen LogP contribution in [0.2, 0.25) is 0 Å². The molecule has 3 heteroatoms. The third kappa shape index (κ3) is 2.46. The van der Waals surface area contributed by atoms with Gasteiger partial charge in [-0.15, -0.1) is 0 Å². The van der Waals surface area contributed by atoms with Crippen LogP contribution in [-0.2, 0) is 11.2 Å². The SMILES string of the molecule is CC(C)SCC(=O)C1CCc2cccnc21. The lowest BCUT2D eigenvalue weighted by Gasteiger charge is -2.10. The van der Waals surface area contributed by atoms with Gasteiger partial charge in [-0.3, -0.25) is 9.78 Å². The molecular weight excluding hydrogens is 218 g/mol. The molecule has 1 aliphatic carbocycles. The molecule has 0 spiro atoms. The number of fused-ring (bicyclic) bond motifs is 1. The zero-order chi connectivity index (χ0) is 11.5.